The van der Waals surface area contributed by atoms with Gasteiger partial charge < -0.3 is 10.2 Å². The topological polar surface area (TPSA) is 32.3 Å². The molecule has 3 nitrogen and oxygen atoms in total. The van der Waals surface area contributed by atoms with Crippen LogP contribution in [0.4, 0.5) is 0 Å². The molecule has 2 rings (SSSR count). The fraction of sp³-hybridized carbons (Fsp3) is 0.933. The molecule has 1 atom stereocenters. The minimum absolute atomic E-state index is 0.343. The first-order valence-corrected chi connectivity index (χ1v) is 8.81. The highest BCUT2D eigenvalue weighted by Gasteiger charge is 2.28. The van der Waals surface area contributed by atoms with Crippen molar-refractivity contribution in [2.24, 2.45) is 5.41 Å². The maximum atomic E-state index is 12.0. The first kappa shape index (κ1) is 15.2. The maximum absolute atomic E-state index is 12.0. The van der Waals surface area contributed by atoms with Gasteiger partial charge in [0.25, 0.3) is 0 Å². The molecule has 0 radical (unpaired) electrons. The van der Waals surface area contributed by atoms with Crippen molar-refractivity contribution in [3.8, 4) is 0 Å². The predicted octanol–water partition coefficient (Wildman–Crippen LogP) is 2.51. The van der Waals surface area contributed by atoms with Crippen molar-refractivity contribution in [3.05, 3.63) is 0 Å². The van der Waals surface area contributed by atoms with E-state index in [0.717, 1.165) is 19.6 Å². The van der Waals surface area contributed by atoms with E-state index in [1.807, 2.05) is 16.7 Å². The first-order chi connectivity index (χ1) is 9.07. The molecule has 0 spiro atoms. The van der Waals surface area contributed by atoms with Crippen LogP contribution in [0.1, 0.15) is 46.0 Å². The third-order valence-electron chi connectivity index (χ3n) is 4.09. The summed E-state index contributed by atoms with van der Waals surface area (Å²) in [4.78, 5) is 14.1. The normalized spacial score (nSPS) is 27.3. The quantitative estimate of drug-likeness (QED) is 0.861. The Morgan fingerprint density at radius 2 is 2.05 bits per heavy atom. The zero-order valence-corrected chi connectivity index (χ0v) is 13.2. The van der Waals surface area contributed by atoms with E-state index in [0.29, 0.717) is 23.8 Å². The Kier molecular flexibility index (Phi) is 5.58. The molecule has 110 valence electrons. The van der Waals surface area contributed by atoms with Gasteiger partial charge in [0.05, 0.1) is 0 Å². The van der Waals surface area contributed by atoms with Gasteiger partial charge in [-0.05, 0) is 36.9 Å². The molecule has 2 heterocycles. The molecule has 2 saturated heterocycles. The Hall–Kier alpha value is -0.220. The summed E-state index contributed by atoms with van der Waals surface area (Å²) in [7, 11) is 0. The Bertz CT molecular complexity index is 301. The van der Waals surface area contributed by atoms with Gasteiger partial charge in [0.2, 0.25) is 5.91 Å². The van der Waals surface area contributed by atoms with Crippen LogP contribution in [0.25, 0.3) is 0 Å². The Balaban J connectivity index is 1.64. The molecule has 1 N–H and O–H groups in total. The van der Waals surface area contributed by atoms with E-state index in [9.17, 15) is 4.79 Å². The van der Waals surface area contributed by atoms with Gasteiger partial charge >= 0.3 is 0 Å². The lowest BCUT2D eigenvalue weighted by molar-refractivity contribution is -0.132. The third kappa shape index (κ3) is 4.99. The van der Waals surface area contributed by atoms with E-state index in [1.165, 1.54) is 37.2 Å². The Morgan fingerprint density at radius 3 is 2.74 bits per heavy atom. The van der Waals surface area contributed by atoms with Gasteiger partial charge in [-0.25, -0.2) is 0 Å². The molecule has 0 saturated carbocycles. The number of piperidine rings is 1. The van der Waals surface area contributed by atoms with E-state index in [1.54, 1.807) is 0 Å². The summed E-state index contributed by atoms with van der Waals surface area (Å²) in [5.41, 5.74) is 0.442. The third-order valence-corrected chi connectivity index (χ3v) is 5.72. The fourth-order valence-electron chi connectivity index (χ4n) is 3.08. The minimum Gasteiger partial charge on any atom is -0.343 e. The molecular formula is C15H28N2OS. The van der Waals surface area contributed by atoms with Crippen molar-refractivity contribution in [1.29, 1.82) is 0 Å². The summed E-state index contributed by atoms with van der Waals surface area (Å²) in [5.74, 6) is 2.80. The molecule has 1 unspecified atom stereocenters. The highest BCUT2D eigenvalue weighted by atomic mass is 32.2. The largest absolute Gasteiger partial charge is 0.343 e. The first-order valence-electron chi connectivity index (χ1n) is 7.66. The smallest absolute Gasteiger partial charge is 0.223 e. The maximum Gasteiger partial charge on any atom is 0.223 e. The second kappa shape index (κ2) is 6.98. The standard InChI is InChI=1S/C15H28N2OS/c1-15(2)10-13(11-19-12-15)16-7-6-14(18)17-8-4-3-5-9-17/h13,16H,3-12H2,1-2H3. The molecule has 0 aromatic carbocycles. The van der Waals surface area contributed by atoms with E-state index < -0.39 is 0 Å². The van der Waals surface area contributed by atoms with Crippen molar-refractivity contribution in [2.75, 3.05) is 31.1 Å². The number of likely N-dealkylation sites (tertiary alicyclic amines) is 1. The summed E-state index contributed by atoms with van der Waals surface area (Å²) < 4.78 is 0. The summed E-state index contributed by atoms with van der Waals surface area (Å²) in [6.45, 7) is 7.48. The molecular weight excluding hydrogens is 256 g/mol. The van der Waals surface area contributed by atoms with E-state index in [4.69, 9.17) is 0 Å². The molecule has 0 aliphatic carbocycles. The lowest BCUT2D eigenvalue weighted by Gasteiger charge is -2.35. The highest BCUT2D eigenvalue weighted by molar-refractivity contribution is 7.99. The van der Waals surface area contributed by atoms with Crippen LogP contribution in [0.15, 0.2) is 0 Å². The van der Waals surface area contributed by atoms with Gasteiger partial charge in [0.1, 0.15) is 0 Å². The van der Waals surface area contributed by atoms with Crippen LogP contribution in [0.5, 0.6) is 0 Å². The van der Waals surface area contributed by atoms with E-state index >= 15 is 0 Å². The fourth-order valence-corrected chi connectivity index (χ4v) is 4.39. The molecule has 2 aliphatic heterocycles. The second-order valence-electron chi connectivity index (χ2n) is 6.73. The van der Waals surface area contributed by atoms with E-state index in [-0.39, 0.29) is 0 Å². The predicted molar refractivity (Wildman–Crippen MR) is 82.6 cm³/mol. The number of nitrogens with one attached hydrogen (secondary N) is 1. The number of nitrogens with zero attached hydrogens (tertiary/aromatic N) is 1. The van der Waals surface area contributed by atoms with Gasteiger partial charge in [-0.15, -0.1) is 0 Å². The van der Waals surface area contributed by atoms with Gasteiger partial charge in [-0.2, -0.15) is 11.8 Å². The summed E-state index contributed by atoms with van der Waals surface area (Å²) in [6, 6.07) is 0.586. The molecule has 19 heavy (non-hydrogen) atoms. The monoisotopic (exact) mass is 284 g/mol. The Morgan fingerprint density at radius 1 is 1.32 bits per heavy atom. The highest BCUT2D eigenvalue weighted by Crippen LogP contribution is 2.33. The Labute approximate surface area is 121 Å². The second-order valence-corrected chi connectivity index (χ2v) is 7.76. The number of carbonyl (C=O) groups is 1. The number of amides is 1. The lowest BCUT2D eigenvalue weighted by atomic mass is 9.88. The van der Waals surface area contributed by atoms with Crippen molar-refractivity contribution >= 4 is 17.7 Å². The number of hydrogen-bond donors (Lipinski definition) is 1. The lowest BCUT2D eigenvalue weighted by Crippen LogP contribution is -2.42. The average Bonchev–Trinajstić information content (AvgIpc) is 2.38. The van der Waals surface area contributed by atoms with Gasteiger partial charge in [-0.1, -0.05) is 13.8 Å². The number of carbonyl (C=O) groups excluding carboxylic acids is 1. The molecule has 0 aromatic rings. The molecule has 1 amide bonds. The van der Waals surface area contributed by atoms with Gasteiger partial charge in [0, 0.05) is 37.8 Å². The van der Waals surface area contributed by atoms with Crippen LogP contribution in [-0.2, 0) is 4.79 Å². The SMILES string of the molecule is CC1(C)CSCC(NCCC(=O)N2CCCCC2)C1. The van der Waals surface area contributed by atoms with Crippen molar-refractivity contribution in [1.82, 2.24) is 10.2 Å². The summed E-state index contributed by atoms with van der Waals surface area (Å²) in [5, 5.41) is 3.58. The van der Waals surface area contributed by atoms with Crippen LogP contribution >= 0.6 is 11.8 Å². The molecule has 2 fully saturated rings. The van der Waals surface area contributed by atoms with Crippen molar-refractivity contribution < 1.29 is 4.79 Å². The molecule has 0 bridgehead atoms. The molecule has 0 aromatic heterocycles. The summed E-state index contributed by atoms with van der Waals surface area (Å²) >= 11 is 2.04. The van der Waals surface area contributed by atoms with Crippen LogP contribution < -0.4 is 5.32 Å². The minimum atomic E-state index is 0.343. The van der Waals surface area contributed by atoms with Crippen LogP contribution in [0.2, 0.25) is 0 Å². The number of hydrogen-bond acceptors (Lipinski definition) is 3. The van der Waals surface area contributed by atoms with Gasteiger partial charge in [-0.3, -0.25) is 4.79 Å². The van der Waals surface area contributed by atoms with Crippen molar-refractivity contribution in [3.63, 3.8) is 0 Å². The zero-order valence-electron chi connectivity index (χ0n) is 12.4. The van der Waals surface area contributed by atoms with E-state index in [2.05, 4.69) is 19.2 Å². The molecule has 4 heteroatoms. The van der Waals surface area contributed by atoms with Crippen LogP contribution in [0, 0.1) is 5.41 Å². The van der Waals surface area contributed by atoms with Crippen LogP contribution in [0.3, 0.4) is 0 Å². The molecule has 2 aliphatic rings. The van der Waals surface area contributed by atoms with Crippen LogP contribution in [-0.4, -0.2) is 48.0 Å². The number of thioether (sulfide) groups is 1. The summed E-state index contributed by atoms with van der Waals surface area (Å²) in [6.07, 6.45) is 5.56. The zero-order chi connectivity index (χ0) is 13.7. The van der Waals surface area contributed by atoms with Crippen molar-refractivity contribution in [2.45, 2.75) is 52.0 Å². The average molecular weight is 284 g/mol. The number of rotatable bonds is 4. The van der Waals surface area contributed by atoms with Gasteiger partial charge in [0.15, 0.2) is 0 Å².